The van der Waals surface area contributed by atoms with Crippen molar-refractivity contribution in [2.24, 2.45) is 0 Å². The van der Waals surface area contributed by atoms with Crippen molar-refractivity contribution >= 4 is 29.2 Å². The molecule has 0 heterocycles. The van der Waals surface area contributed by atoms with Crippen molar-refractivity contribution in [3.8, 4) is 5.75 Å². The fourth-order valence-electron chi connectivity index (χ4n) is 5.64. The molecule has 0 aromatic heterocycles. The summed E-state index contributed by atoms with van der Waals surface area (Å²) < 4.78 is 15.5. The molecule has 2 atom stereocenters. The third-order valence-corrected chi connectivity index (χ3v) is 8.42. The molecule has 0 radical (unpaired) electrons. The highest BCUT2D eigenvalue weighted by Gasteiger charge is 2.22. The number of methoxy groups -OCH3 is 2. The summed E-state index contributed by atoms with van der Waals surface area (Å²) in [6.45, 7) is 0.972. The van der Waals surface area contributed by atoms with E-state index in [1.165, 1.54) is 26.4 Å². The molecule has 52 heavy (non-hydrogen) atoms. The summed E-state index contributed by atoms with van der Waals surface area (Å²) in [6, 6.07) is 38.3. The number of ether oxygens (including phenoxy) is 3. The fraction of sp³-hybridized carbons (Fsp3) is 0.200. The average molecular weight is 705 g/mol. The van der Waals surface area contributed by atoms with E-state index in [0.717, 1.165) is 22.3 Å². The molecule has 0 saturated heterocycles. The molecule has 0 aliphatic rings. The molecule has 5 rings (SSSR count). The first-order chi connectivity index (χ1) is 25.2. The second-order valence-electron chi connectivity index (χ2n) is 11.9. The Bertz CT molecular complexity index is 1920. The van der Waals surface area contributed by atoms with Crippen molar-refractivity contribution in [3.63, 3.8) is 0 Å². The Morgan fingerprint density at radius 1 is 0.769 bits per heavy atom. The number of carbonyl (C=O) groups is 2. The summed E-state index contributed by atoms with van der Waals surface area (Å²) in [5, 5.41) is 29.0. The highest BCUT2D eigenvalue weighted by molar-refractivity contribution is 5.87. The molecule has 0 aliphatic heterocycles. The SMILES string of the molecule is COC(=O)Nc1ccc(C(CNC[C@H](O)c2ccc(OCc3ccccc3)c([N+](=O)[O-])c2)c2ccc(N(Cc3ccccc3)C(=O)OC)cc2)cc1. The number of anilines is 2. The number of nitro benzene ring substituents is 1. The van der Waals surface area contributed by atoms with Gasteiger partial charge in [0.15, 0.2) is 5.75 Å². The number of aliphatic hydroxyl groups is 1. The van der Waals surface area contributed by atoms with E-state index in [2.05, 4.69) is 10.6 Å². The Labute approximate surface area is 301 Å². The van der Waals surface area contributed by atoms with Gasteiger partial charge in [-0.2, -0.15) is 0 Å². The first kappa shape index (κ1) is 37.0. The van der Waals surface area contributed by atoms with Crippen LogP contribution in [0, 0.1) is 10.1 Å². The highest BCUT2D eigenvalue weighted by atomic mass is 16.6. The number of aliphatic hydroxyl groups excluding tert-OH is 1. The van der Waals surface area contributed by atoms with Gasteiger partial charge in [0.05, 0.1) is 31.8 Å². The van der Waals surface area contributed by atoms with E-state index in [9.17, 15) is 24.8 Å². The van der Waals surface area contributed by atoms with Gasteiger partial charge < -0.3 is 24.6 Å². The van der Waals surface area contributed by atoms with Crippen LogP contribution in [0.5, 0.6) is 5.75 Å². The number of carbonyl (C=O) groups excluding carboxylic acids is 2. The molecule has 1 unspecified atom stereocenters. The lowest BCUT2D eigenvalue weighted by molar-refractivity contribution is -0.386. The third kappa shape index (κ3) is 9.93. The van der Waals surface area contributed by atoms with Crippen LogP contribution in [0.3, 0.4) is 0 Å². The Kier molecular flexibility index (Phi) is 12.9. The largest absolute Gasteiger partial charge is 0.482 e. The molecule has 2 amide bonds. The van der Waals surface area contributed by atoms with Crippen LogP contribution in [0.2, 0.25) is 0 Å². The van der Waals surface area contributed by atoms with Crippen molar-refractivity contribution in [3.05, 3.63) is 165 Å². The van der Waals surface area contributed by atoms with Crippen molar-refractivity contribution < 1.29 is 33.8 Å². The summed E-state index contributed by atoms with van der Waals surface area (Å²) >= 11 is 0. The van der Waals surface area contributed by atoms with E-state index in [4.69, 9.17) is 14.2 Å². The number of amides is 2. The second kappa shape index (κ2) is 18.1. The monoisotopic (exact) mass is 704 g/mol. The zero-order valence-electron chi connectivity index (χ0n) is 28.8. The van der Waals surface area contributed by atoms with Crippen LogP contribution in [0.15, 0.2) is 127 Å². The fourth-order valence-corrected chi connectivity index (χ4v) is 5.64. The minimum absolute atomic E-state index is 0.102. The van der Waals surface area contributed by atoms with Crippen molar-refractivity contribution in [1.82, 2.24) is 5.32 Å². The molecule has 0 spiro atoms. The Morgan fingerprint density at radius 3 is 1.96 bits per heavy atom. The predicted molar refractivity (Wildman–Crippen MR) is 197 cm³/mol. The van der Waals surface area contributed by atoms with E-state index in [1.54, 1.807) is 23.1 Å². The number of hydrogen-bond acceptors (Lipinski definition) is 9. The third-order valence-electron chi connectivity index (χ3n) is 8.42. The number of hydrogen-bond donors (Lipinski definition) is 3. The molecule has 268 valence electrons. The minimum atomic E-state index is -1.05. The van der Waals surface area contributed by atoms with E-state index in [-0.39, 0.29) is 30.5 Å². The summed E-state index contributed by atoms with van der Waals surface area (Å²) in [7, 11) is 2.63. The maximum Gasteiger partial charge on any atom is 0.414 e. The molecular weight excluding hydrogens is 664 g/mol. The van der Waals surface area contributed by atoms with Crippen LogP contribution in [-0.4, -0.2) is 49.5 Å². The maximum absolute atomic E-state index is 12.8. The van der Waals surface area contributed by atoms with E-state index in [0.29, 0.717) is 30.0 Å². The van der Waals surface area contributed by atoms with Gasteiger partial charge in [0.1, 0.15) is 6.61 Å². The van der Waals surface area contributed by atoms with Gasteiger partial charge in [-0.3, -0.25) is 20.3 Å². The van der Waals surface area contributed by atoms with Crippen LogP contribution in [-0.2, 0) is 22.6 Å². The van der Waals surface area contributed by atoms with E-state index < -0.39 is 23.2 Å². The molecule has 0 saturated carbocycles. The molecule has 12 heteroatoms. The molecule has 0 fully saturated rings. The lowest BCUT2D eigenvalue weighted by atomic mass is 9.90. The van der Waals surface area contributed by atoms with Crippen molar-refractivity contribution in [2.45, 2.75) is 25.2 Å². The van der Waals surface area contributed by atoms with Crippen molar-refractivity contribution in [2.75, 3.05) is 37.5 Å². The van der Waals surface area contributed by atoms with Gasteiger partial charge in [-0.25, -0.2) is 9.59 Å². The number of nitrogens with zero attached hydrogens (tertiary/aromatic N) is 2. The quantitative estimate of drug-likeness (QED) is 0.0740. The molecule has 0 aliphatic carbocycles. The van der Waals surface area contributed by atoms with Gasteiger partial charge in [-0.05, 0) is 58.1 Å². The maximum atomic E-state index is 12.8. The lowest BCUT2D eigenvalue weighted by Crippen LogP contribution is -2.30. The zero-order valence-corrected chi connectivity index (χ0v) is 28.8. The zero-order chi connectivity index (χ0) is 36.9. The number of nitrogens with one attached hydrogen (secondary N) is 2. The second-order valence-corrected chi connectivity index (χ2v) is 11.9. The molecule has 0 bridgehead atoms. The van der Waals surface area contributed by atoms with Crippen LogP contribution in [0.25, 0.3) is 0 Å². The first-order valence-electron chi connectivity index (χ1n) is 16.5. The summed E-state index contributed by atoms with van der Waals surface area (Å²) in [4.78, 5) is 37.4. The molecule has 5 aromatic rings. The van der Waals surface area contributed by atoms with Crippen LogP contribution in [0.4, 0.5) is 26.7 Å². The summed E-state index contributed by atoms with van der Waals surface area (Å²) in [5.41, 5.74) is 4.98. The van der Waals surface area contributed by atoms with Gasteiger partial charge in [0, 0.05) is 36.4 Å². The first-order valence-corrected chi connectivity index (χ1v) is 16.5. The Balaban J connectivity index is 1.33. The normalized spacial score (nSPS) is 11.9. The average Bonchev–Trinajstić information content (AvgIpc) is 3.18. The number of benzene rings is 5. The minimum Gasteiger partial charge on any atom is -0.482 e. The molecule has 3 N–H and O–H groups in total. The van der Waals surface area contributed by atoms with Crippen LogP contribution >= 0.6 is 0 Å². The smallest absolute Gasteiger partial charge is 0.414 e. The molecular formula is C40H40N4O8. The predicted octanol–water partition coefficient (Wildman–Crippen LogP) is 7.58. The van der Waals surface area contributed by atoms with Crippen molar-refractivity contribution in [1.29, 1.82) is 0 Å². The summed E-state index contributed by atoms with van der Waals surface area (Å²) in [5.74, 6) is -0.113. The lowest BCUT2D eigenvalue weighted by Gasteiger charge is -2.24. The number of rotatable bonds is 15. The van der Waals surface area contributed by atoms with Crippen LogP contribution in [0.1, 0.15) is 39.8 Å². The van der Waals surface area contributed by atoms with Gasteiger partial charge in [0.25, 0.3) is 0 Å². The van der Waals surface area contributed by atoms with E-state index >= 15 is 0 Å². The van der Waals surface area contributed by atoms with Gasteiger partial charge >= 0.3 is 17.9 Å². The van der Waals surface area contributed by atoms with E-state index in [1.807, 2.05) is 97.1 Å². The molecule has 5 aromatic carbocycles. The Morgan fingerprint density at radius 2 is 1.37 bits per heavy atom. The van der Waals surface area contributed by atoms with Gasteiger partial charge in [-0.1, -0.05) is 91.0 Å². The standard InChI is InChI=1S/C40H40N4O8/c1-50-39(46)42-33-18-13-30(14-19-33)35(31-15-20-34(21-16-31)43(40(47)51-2)26-28-9-5-3-6-10-28)24-41-25-37(45)32-17-22-38(36(23-32)44(48)49)52-27-29-11-7-4-8-12-29/h3-23,35,37,41,45H,24-27H2,1-2H3,(H,42,46)/t35?,37-/m0/s1. The highest BCUT2D eigenvalue weighted by Crippen LogP contribution is 2.32. The van der Waals surface area contributed by atoms with Crippen LogP contribution < -0.4 is 20.3 Å². The van der Waals surface area contributed by atoms with Gasteiger partial charge in [0.2, 0.25) is 0 Å². The topological polar surface area (TPSA) is 152 Å². The number of nitro groups is 1. The summed E-state index contributed by atoms with van der Waals surface area (Å²) in [6.07, 6.45) is -2.13. The molecule has 12 nitrogen and oxygen atoms in total. The Hall–Kier alpha value is -6.24. The van der Waals surface area contributed by atoms with Gasteiger partial charge in [-0.15, -0.1) is 0 Å².